The first-order valence-corrected chi connectivity index (χ1v) is 7.95. The largest absolute Gasteiger partial charge is 0.352 e. The maximum Gasteiger partial charge on any atom is 0.269 e. The summed E-state index contributed by atoms with van der Waals surface area (Å²) in [6.45, 7) is 2.65. The number of nitro groups is 1. The molecule has 2 aromatic rings. The van der Waals surface area contributed by atoms with Crippen LogP contribution in [-0.4, -0.2) is 23.3 Å². The van der Waals surface area contributed by atoms with E-state index in [2.05, 4.69) is 10.6 Å². The monoisotopic (exact) mass is 341 g/mol. The molecule has 0 atom stereocenters. The average molecular weight is 341 g/mol. The van der Waals surface area contributed by atoms with Crippen LogP contribution in [0.1, 0.15) is 40.5 Å². The number of non-ortho nitro benzene ring substituents is 1. The van der Waals surface area contributed by atoms with E-state index in [4.69, 9.17) is 0 Å². The van der Waals surface area contributed by atoms with Gasteiger partial charge in [0.25, 0.3) is 17.5 Å². The van der Waals surface area contributed by atoms with Crippen LogP contribution in [-0.2, 0) is 0 Å². The molecule has 0 heterocycles. The molecule has 0 saturated heterocycles. The normalized spacial score (nSPS) is 10.1. The van der Waals surface area contributed by atoms with Crippen molar-refractivity contribution >= 4 is 23.2 Å². The molecule has 0 saturated carbocycles. The van der Waals surface area contributed by atoms with Crippen molar-refractivity contribution in [2.24, 2.45) is 0 Å². The Bertz CT molecular complexity index is 772. The molecular weight excluding hydrogens is 322 g/mol. The van der Waals surface area contributed by atoms with E-state index in [1.54, 1.807) is 24.3 Å². The van der Waals surface area contributed by atoms with E-state index in [0.29, 0.717) is 23.4 Å². The van der Waals surface area contributed by atoms with Crippen LogP contribution in [0.5, 0.6) is 0 Å². The van der Waals surface area contributed by atoms with Gasteiger partial charge in [-0.2, -0.15) is 0 Å². The predicted molar refractivity (Wildman–Crippen MR) is 94.7 cm³/mol. The summed E-state index contributed by atoms with van der Waals surface area (Å²) >= 11 is 0. The van der Waals surface area contributed by atoms with Crippen LogP contribution in [0.2, 0.25) is 0 Å². The highest BCUT2D eigenvalue weighted by molar-refractivity contribution is 6.05. The van der Waals surface area contributed by atoms with Crippen LogP contribution in [0.15, 0.2) is 48.5 Å². The Morgan fingerprint density at radius 3 is 2.40 bits per heavy atom. The maximum atomic E-state index is 12.2. The van der Waals surface area contributed by atoms with Crippen LogP contribution < -0.4 is 10.6 Å². The minimum Gasteiger partial charge on any atom is -0.352 e. The van der Waals surface area contributed by atoms with Gasteiger partial charge in [-0.05, 0) is 36.8 Å². The summed E-state index contributed by atoms with van der Waals surface area (Å²) in [5, 5.41) is 16.1. The lowest BCUT2D eigenvalue weighted by atomic mass is 10.1. The van der Waals surface area contributed by atoms with Gasteiger partial charge >= 0.3 is 0 Å². The molecule has 0 radical (unpaired) electrons. The molecule has 0 spiro atoms. The van der Waals surface area contributed by atoms with Crippen molar-refractivity contribution in [3.05, 3.63) is 69.8 Å². The molecule has 7 nitrogen and oxygen atoms in total. The first kappa shape index (κ1) is 18.1. The number of nitrogens with zero attached hydrogens (tertiary/aromatic N) is 1. The van der Waals surface area contributed by atoms with Gasteiger partial charge in [-0.25, -0.2) is 0 Å². The zero-order chi connectivity index (χ0) is 18.2. The molecule has 0 aliphatic heterocycles. The number of nitrogens with one attached hydrogen (secondary N) is 2. The number of anilines is 1. The summed E-state index contributed by atoms with van der Waals surface area (Å²) < 4.78 is 0. The average Bonchev–Trinajstić information content (AvgIpc) is 2.62. The quantitative estimate of drug-likeness (QED) is 0.458. The van der Waals surface area contributed by atoms with Crippen molar-refractivity contribution in [1.82, 2.24) is 5.32 Å². The fourth-order valence-corrected chi connectivity index (χ4v) is 2.16. The van der Waals surface area contributed by atoms with E-state index in [9.17, 15) is 19.7 Å². The molecule has 7 heteroatoms. The van der Waals surface area contributed by atoms with E-state index < -0.39 is 10.8 Å². The number of nitro benzene ring substituents is 1. The van der Waals surface area contributed by atoms with E-state index in [1.807, 2.05) is 6.92 Å². The third kappa shape index (κ3) is 5.13. The molecule has 0 unspecified atom stereocenters. The van der Waals surface area contributed by atoms with Gasteiger partial charge < -0.3 is 10.6 Å². The summed E-state index contributed by atoms with van der Waals surface area (Å²) in [6, 6.07) is 11.9. The predicted octanol–water partition coefficient (Wildman–Crippen LogP) is 3.38. The van der Waals surface area contributed by atoms with Gasteiger partial charge in [0.15, 0.2) is 0 Å². The second kappa shape index (κ2) is 8.58. The smallest absolute Gasteiger partial charge is 0.269 e. The molecular formula is C18H19N3O4. The zero-order valence-electron chi connectivity index (χ0n) is 13.8. The summed E-state index contributed by atoms with van der Waals surface area (Å²) in [4.78, 5) is 34.4. The van der Waals surface area contributed by atoms with Crippen LogP contribution >= 0.6 is 0 Å². The minimum absolute atomic E-state index is 0.0812. The van der Waals surface area contributed by atoms with E-state index in [0.717, 1.165) is 12.8 Å². The highest BCUT2D eigenvalue weighted by Gasteiger charge is 2.11. The Hall–Kier alpha value is -3.22. The van der Waals surface area contributed by atoms with Crippen LogP contribution in [0.4, 0.5) is 11.4 Å². The topological polar surface area (TPSA) is 101 Å². The summed E-state index contributed by atoms with van der Waals surface area (Å²) in [6.07, 6.45) is 1.90. The molecule has 0 aliphatic rings. The van der Waals surface area contributed by atoms with Crippen molar-refractivity contribution in [3.8, 4) is 0 Å². The molecule has 2 N–H and O–H groups in total. The molecule has 2 amide bonds. The lowest BCUT2D eigenvalue weighted by molar-refractivity contribution is -0.384. The van der Waals surface area contributed by atoms with Gasteiger partial charge in [-0.3, -0.25) is 19.7 Å². The number of unbranched alkanes of at least 4 members (excludes halogenated alkanes) is 1. The fourth-order valence-electron chi connectivity index (χ4n) is 2.16. The van der Waals surface area contributed by atoms with Crippen LogP contribution in [0.3, 0.4) is 0 Å². The van der Waals surface area contributed by atoms with Gasteiger partial charge in [0.2, 0.25) is 0 Å². The van der Waals surface area contributed by atoms with E-state index >= 15 is 0 Å². The van der Waals surface area contributed by atoms with Gasteiger partial charge in [0, 0.05) is 35.5 Å². The SMILES string of the molecule is CCCCNC(=O)c1cccc(NC(=O)c2ccc([N+](=O)[O-])cc2)c1. The number of carbonyl (C=O) groups is 2. The molecule has 25 heavy (non-hydrogen) atoms. The Balaban J connectivity index is 2.04. The standard InChI is InChI=1S/C18H19N3O4/c1-2-3-11-19-17(22)14-5-4-6-15(12-14)20-18(23)13-7-9-16(10-8-13)21(24)25/h4-10,12H,2-3,11H2,1H3,(H,19,22)(H,20,23). The number of amides is 2. The first-order chi connectivity index (χ1) is 12.0. The van der Waals surface area contributed by atoms with Crippen LogP contribution in [0.25, 0.3) is 0 Å². The fraction of sp³-hybridized carbons (Fsp3) is 0.222. The summed E-state index contributed by atoms with van der Waals surface area (Å²) in [5.41, 5.74) is 1.15. The van der Waals surface area contributed by atoms with Crippen molar-refractivity contribution < 1.29 is 14.5 Å². The van der Waals surface area contributed by atoms with Crippen molar-refractivity contribution in [1.29, 1.82) is 0 Å². The molecule has 130 valence electrons. The Kier molecular flexibility index (Phi) is 6.22. The third-order valence-corrected chi connectivity index (χ3v) is 3.54. The first-order valence-electron chi connectivity index (χ1n) is 7.95. The number of rotatable bonds is 7. The maximum absolute atomic E-state index is 12.2. The zero-order valence-corrected chi connectivity index (χ0v) is 13.8. The number of hydrogen-bond acceptors (Lipinski definition) is 4. The number of benzene rings is 2. The minimum atomic E-state index is -0.525. The lowest BCUT2D eigenvalue weighted by Crippen LogP contribution is -2.24. The molecule has 2 aromatic carbocycles. The molecule has 0 bridgehead atoms. The Morgan fingerprint density at radius 2 is 1.76 bits per heavy atom. The number of hydrogen-bond donors (Lipinski definition) is 2. The van der Waals surface area contributed by atoms with Crippen LogP contribution in [0, 0.1) is 10.1 Å². The molecule has 0 aromatic heterocycles. The third-order valence-electron chi connectivity index (χ3n) is 3.54. The lowest BCUT2D eigenvalue weighted by Gasteiger charge is -2.08. The molecule has 2 rings (SSSR count). The van der Waals surface area contributed by atoms with Gasteiger partial charge in [-0.15, -0.1) is 0 Å². The molecule has 0 fully saturated rings. The van der Waals surface area contributed by atoms with Crippen molar-refractivity contribution in [2.45, 2.75) is 19.8 Å². The van der Waals surface area contributed by atoms with Gasteiger partial charge in [0.1, 0.15) is 0 Å². The van der Waals surface area contributed by atoms with Crippen molar-refractivity contribution in [2.75, 3.05) is 11.9 Å². The van der Waals surface area contributed by atoms with E-state index in [-0.39, 0.29) is 11.6 Å². The van der Waals surface area contributed by atoms with E-state index in [1.165, 1.54) is 24.3 Å². The summed E-state index contributed by atoms with van der Waals surface area (Å²) in [5.74, 6) is -0.599. The Morgan fingerprint density at radius 1 is 1.04 bits per heavy atom. The van der Waals surface area contributed by atoms with Gasteiger partial charge in [0.05, 0.1) is 4.92 Å². The Labute approximate surface area is 145 Å². The van der Waals surface area contributed by atoms with Gasteiger partial charge in [-0.1, -0.05) is 19.4 Å². The molecule has 0 aliphatic carbocycles. The summed E-state index contributed by atoms with van der Waals surface area (Å²) in [7, 11) is 0. The van der Waals surface area contributed by atoms with Crippen molar-refractivity contribution in [3.63, 3.8) is 0 Å². The second-order valence-electron chi connectivity index (χ2n) is 5.45. The highest BCUT2D eigenvalue weighted by atomic mass is 16.6. The number of carbonyl (C=O) groups excluding carboxylic acids is 2. The second-order valence-corrected chi connectivity index (χ2v) is 5.45. The highest BCUT2D eigenvalue weighted by Crippen LogP contribution is 2.15.